The lowest BCUT2D eigenvalue weighted by atomic mass is 9.73. The van der Waals surface area contributed by atoms with Gasteiger partial charge in [-0.05, 0) is 36.5 Å². The molecule has 1 aliphatic carbocycles. The van der Waals surface area contributed by atoms with Crippen molar-refractivity contribution < 1.29 is 36.0 Å². The van der Waals surface area contributed by atoms with Crippen molar-refractivity contribution in [1.29, 1.82) is 0 Å². The molecule has 0 radical (unpaired) electrons. The highest BCUT2D eigenvalue weighted by Crippen LogP contribution is 2.42. The van der Waals surface area contributed by atoms with Crippen LogP contribution >= 0.6 is 0 Å². The van der Waals surface area contributed by atoms with Gasteiger partial charge in [0, 0.05) is 25.2 Å². The predicted molar refractivity (Wildman–Crippen MR) is 136 cm³/mol. The number of halogens is 1. The fourth-order valence-electron chi connectivity index (χ4n) is 6.81. The van der Waals surface area contributed by atoms with Crippen LogP contribution in [0.2, 0.25) is 0 Å². The first-order valence-electron chi connectivity index (χ1n) is 13.6. The van der Waals surface area contributed by atoms with Crippen LogP contribution in [0.1, 0.15) is 56.9 Å². The number of ether oxygens (including phenoxy) is 2. The Kier molecular flexibility index (Phi) is 9.31. The first-order valence-corrected chi connectivity index (χ1v) is 13.6. The molecule has 3 heterocycles. The maximum atomic E-state index is 12.0. The third kappa shape index (κ3) is 6.30. The van der Waals surface area contributed by atoms with Gasteiger partial charge in [-0.3, -0.25) is 0 Å². The van der Waals surface area contributed by atoms with E-state index >= 15 is 0 Å². The van der Waals surface area contributed by atoms with Crippen molar-refractivity contribution in [1.82, 2.24) is 0 Å². The number of quaternary nitrogens is 1. The molecule has 2 aromatic carbocycles. The molecule has 2 bridgehead atoms. The van der Waals surface area contributed by atoms with Crippen LogP contribution < -0.4 is 21.7 Å². The number of hydrogen-bond acceptors (Lipinski definition) is 3. The number of benzene rings is 2. The van der Waals surface area contributed by atoms with Crippen molar-refractivity contribution in [2.75, 3.05) is 39.4 Å². The summed E-state index contributed by atoms with van der Waals surface area (Å²) < 4.78 is 13.8. The second-order valence-corrected chi connectivity index (χ2v) is 11.0. The number of hydrogen-bond donors (Lipinski definition) is 1. The second kappa shape index (κ2) is 12.2. The van der Waals surface area contributed by atoms with Gasteiger partial charge in [0.05, 0.1) is 32.8 Å². The third-order valence-corrected chi connectivity index (χ3v) is 8.90. The highest BCUT2D eigenvalue weighted by atomic mass is 79.9. The number of para-hydroxylation sites is 1. The molecule has 4 aliphatic rings. The Morgan fingerprint density at radius 3 is 2.20 bits per heavy atom. The van der Waals surface area contributed by atoms with E-state index in [1.165, 1.54) is 45.2 Å². The summed E-state index contributed by atoms with van der Waals surface area (Å²) in [6.07, 6.45) is 9.76. The van der Waals surface area contributed by atoms with Crippen LogP contribution in [0.25, 0.3) is 0 Å². The molecule has 192 valence electrons. The third-order valence-electron chi connectivity index (χ3n) is 8.90. The molecule has 5 heteroatoms. The maximum absolute atomic E-state index is 12.0. The van der Waals surface area contributed by atoms with E-state index in [4.69, 9.17) is 9.47 Å². The summed E-state index contributed by atoms with van der Waals surface area (Å²) in [5, 5.41) is 12.0. The Hall–Kier alpha value is -1.40. The number of nitrogens with zero attached hydrogens (tertiary/aromatic N) is 1. The minimum Gasteiger partial charge on any atom is -1.00 e. The molecule has 3 saturated heterocycles. The van der Waals surface area contributed by atoms with Crippen LogP contribution in [0, 0.1) is 11.8 Å². The van der Waals surface area contributed by atoms with E-state index < -0.39 is 5.60 Å². The quantitative estimate of drug-likeness (QED) is 0.369. The zero-order valence-electron chi connectivity index (χ0n) is 21.0. The molecule has 4 fully saturated rings. The zero-order chi connectivity index (χ0) is 23.3. The molecular formula is C30H42BrNO3. The fraction of sp³-hybridized carbons (Fsp3) is 0.600. The smallest absolute Gasteiger partial charge is 0.119 e. The summed E-state index contributed by atoms with van der Waals surface area (Å²) in [5.41, 5.74) is 0.160. The molecule has 6 rings (SSSR count). The van der Waals surface area contributed by atoms with Crippen LogP contribution in [0.15, 0.2) is 60.7 Å². The number of rotatable bonds is 10. The molecule has 4 nitrogen and oxygen atoms in total. The molecule has 2 aromatic rings. The molecule has 2 atom stereocenters. The topological polar surface area (TPSA) is 38.7 Å². The minimum atomic E-state index is -0.873. The Bertz CT molecular complexity index is 881. The molecule has 1 N–H and O–H groups in total. The lowest BCUT2D eigenvalue weighted by Crippen LogP contribution is -3.00. The summed E-state index contributed by atoms with van der Waals surface area (Å²) in [4.78, 5) is 0. The highest BCUT2D eigenvalue weighted by molar-refractivity contribution is 5.24. The second-order valence-electron chi connectivity index (χ2n) is 11.0. The van der Waals surface area contributed by atoms with Gasteiger partial charge in [-0.2, -0.15) is 0 Å². The van der Waals surface area contributed by atoms with Gasteiger partial charge in [0.1, 0.15) is 24.0 Å². The van der Waals surface area contributed by atoms with Crippen molar-refractivity contribution in [2.45, 2.75) is 63.1 Å². The van der Waals surface area contributed by atoms with Crippen molar-refractivity contribution in [2.24, 2.45) is 11.8 Å². The van der Waals surface area contributed by atoms with Gasteiger partial charge in [-0.25, -0.2) is 0 Å². The first kappa shape index (κ1) is 26.7. The zero-order valence-corrected chi connectivity index (χ0v) is 22.6. The van der Waals surface area contributed by atoms with Gasteiger partial charge < -0.3 is 36.0 Å². The summed E-state index contributed by atoms with van der Waals surface area (Å²) >= 11 is 0. The van der Waals surface area contributed by atoms with Crippen LogP contribution in [0.4, 0.5) is 0 Å². The summed E-state index contributed by atoms with van der Waals surface area (Å²) in [6, 6.07) is 20.5. The van der Waals surface area contributed by atoms with E-state index in [2.05, 4.69) is 24.3 Å². The van der Waals surface area contributed by atoms with E-state index in [9.17, 15) is 5.11 Å². The van der Waals surface area contributed by atoms with Crippen molar-refractivity contribution in [3.63, 3.8) is 0 Å². The standard InChI is InChI=1S/C30H42NO3.BrH/c32-30(26-11-4-1-5-12-26,27-13-6-2-7-14-27)24-34-29-23-31(20-17-25(29)18-21-31)19-10-22-33-28-15-8-3-9-16-28;/h1,3-5,8-9,11-12,15-16,25,27,29,32H,2,6-7,10,13-14,17-24H2;1H/q+1;/p-1/t25?,29-,30-,31?;/m0./s1. The van der Waals surface area contributed by atoms with E-state index in [-0.39, 0.29) is 23.1 Å². The molecule has 0 aromatic heterocycles. The first-order chi connectivity index (χ1) is 16.7. The summed E-state index contributed by atoms with van der Waals surface area (Å²) in [5.74, 6) is 1.90. The lowest BCUT2D eigenvalue weighted by Gasteiger charge is -2.53. The molecule has 3 aliphatic heterocycles. The van der Waals surface area contributed by atoms with E-state index in [0.717, 1.165) is 54.8 Å². The molecular weight excluding hydrogens is 502 g/mol. The van der Waals surface area contributed by atoms with Gasteiger partial charge >= 0.3 is 0 Å². The van der Waals surface area contributed by atoms with Crippen molar-refractivity contribution in [3.05, 3.63) is 66.2 Å². The van der Waals surface area contributed by atoms with E-state index in [1.54, 1.807) is 0 Å². The molecule has 0 spiro atoms. The average Bonchev–Trinajstić information content (AvgIpc) is 2.92. The SMILES string of the molecule is O[C@@](CO[C@H]1C[N+]2(CCCOc3ccccc3)CCC1CC2)(c1ccccc1)C1CCCCC1.[Br-]. The molecule has 35 heavy (non-hydrogen) atoms. The Balaban J connectivity index is 0.00000289. The van der Waals surface area contributed by atoms with Crippen molar-refractivity contribution >= 4 is 0 Å². The van der Waals surface area contributed by atoms with Crippen LogP contribution in [-0.2, 0) is 10.3 Å². The van der Waals surface area contributed by atoms with Gasteiger partial charge in [-0.15, -0.1) is 0 Å². The average molecular weight is 545 g/mol. The van der Waals surface area contributed by atoms with Crippen LogP contribution in [0.5, 0.6) is 5.75 Å². The van der Waals surface area contributed by atoms with Gasteiger partial charge in [0.25, 0.3) is 0 Å². The van der Waals surface area contributed by atoms with Gasteiger partial charge in [0.15, 0.2) is 0 Å². The Morgan fingerprint density at radius 2 is 1.51 bits per heavy atom. The Labute approximate surface area is 222 Å². The molecule has 0 unspecified atom stereocenters. The van der Waals surface area contributed by atoms with Gasteiger partial charge in [0.2, 0.25) is 0 Å². The number of aliphatic hydroxyl groups is 1. The summed E-state index contributed by atoms with van der Waals surface area (Å²) in [7, 11) is 0. The number of fused-ring (bicyclic) bond motifs is 3. The highest BCUT2D eigenvalue weighted by Gasteiger charge is 2.48. The van der Waals surface area contributed by atoms with E-state index in [1.807, 2.05) is 36.4 Å². The minimum absolute atomic E-state index is 0. The van der Waals surface area contributed by atoms with Crippen LogP contribution in [-0.4, -0.2) is 55.1 Å². The van der Waals surface area contributed by atoms with E-state index in [0.29, 0.717) is 18.4 Å². The van der Waals surface area contributed by atoms with Crippen molar-refractivity contribution in [3.8, 4) is 5.75 Å². The normalized spacial score (nSPS) is 28.1. The predicted octanol–water partition coefficient (Wildman–Crippen LogP) is 2.55. The monoisotopic (exact) mass is 543 g/mol. The lowest BCUT2D eigenvalue weighted by molar-refractivity contribution is -0.946. The maximum Gasteiger partial charge on any atom is 0.119 e. The molecule has 1 saturated carbocycles. The number of piperidine rings is 3. The fourth-order valence-corrected chi connectivity index (χ4v) is 6.81. The largest absolute Gasteiger partial charge is 1.00 e. The van der Waals surface area contributed by atoms with Gasteiger partial charge in [-0.1, -0.05) is 67.8 Å². The summed E-state index contributed by atoms with van der Waals surface area (Å²) in [6.45, 7) is 5.98. The van der Waals surface area contributed by atoms with Crippen LogP contribution in [0.3, 0.4) is 0 Å². The Morgan fingerprint density at radius 1 is 0.857 bits per heavy atom. The molecule has 0 amide bonds.